The predicted octanol–water partition coefficient (Wildman–Crippen LogP) is 6.06. The highest BCUT2D eigenvalue weighted by molar-refractivity contribution is 9.10. The number of aromatic hydroxyl groups is 1. The monoisotopic (exact) mass is 400 g/mol. The number of ether oxygens (including phenoxy) is 1. The summed E-state index contributed by atoms with van der Waals surface area (Å²) in [6, 6.07) is 6.68. The number of halogens is 3. The van der Waals surface area contributed by atoms with Gasteiger partial charge in [0.05, 0.1) is 6.61 Å². The van der Waals surface area contributed by atoms with Crippen LogP contribution in [-0.2, 0) is 6.42 Å². The SMILES string of the molecule is CCOc1cc(Cl)c(Cc2ccc(O)c(C(C)C)c2F)c(Br)c1. The third-order valence-electron chi connectivity index (χ3n) is 3.61. The van der Waals surface area contributed by atoms with Crippen molar-refractivity contribution in [2.24, 2.45) is 0 Å². The lowest BCUT2D eigenvalue weighted by atomic mass is 9.95. The Bertz CT molecular complexity index is 693. The first-order valence-corrected chi connectivity index (χ1v) is 8.63. The van der Waals surface area contributed by atoms with Gasteiger partial charge in [0.15, 0.2) is 0 Å². The average Bonchev–Trinajstić information content (AvgIpc) is 2.45. The van der Waals surface area contributed by atoms with Gasteiger partial charge in [-0.2, -0.15) is 0 Å². The summed E-state index contributed by atoms with van der Waals surface area (Å²) in [5.41, 5.74) is 1.62. The molecule has 0 aliphatic heterocycles. The fourth-order valence-corrected chi connectivity index (χ4v) is 3.47. The minimum atomic E-state index is -0.378. The molecule has 5 heteroatoms. The topological polar surface area (TPSA) is 29.5 Å². The molecule has 2 rings (SSSR count). The Balaban J connectivity index is 2.42. The maximum atomic E-state index is 14.7. The molecule has 2 aromatic carbocycles. The Labute approximate surface area is 149 Å². The van der Waals surface area contributed by atoms with E-state index in [0.717, 1.165) is 10.0 Å². The summed E-state index contributed by atoms with van der Waals surface area (Å²) in [7, 11) is 0. The minimum Gasteiger partial charge on any atom is -0.508 e. The van der Waals surface area contributed by atoms with Crippen molar-refractivity contribution < 1.29 is 14.2 Å². The molecule has 0 spiro atoms. The molecule has 0 atom stereocenters. The molecule has 0 saturated heterocycles. The van der Waals surface area contributed by atoms with E-state index in [0.29, 0.717) is 34.9 Å². The highest BCUT2D eigenvalue weighted by Crippen LogP contribution is 2.35. The van der Waals surface area contributed by atoms with E-state index in [-0.39, 0.29) is 17.5 Å². The van der Waals surface area contributed by atoms with E-state index in [9.17, 15) is 9.50 Å². The van der Waals surface area contributed by atoms with Crippen molar-refractivity contribution in [1.29, 1.82) is 0 Å². The number of benzene rings is 2. The lowest BCUT2D eigenvalue weighted by Crippen LogP contribution is -2.02. The fraction of sp³-hybridized carbons (Fsp3) is 0.333. The molecule has 0 radical (unpaired) electrons. The predicted molar refractivity (Wildman–Crippen MR) is 95.3 cm³/mol. The van der Waals surface area contributed by atoms with Crippen LogP contribution in [0.3, 0.4) is 0 Å². The zero-order chi connectivity index (χ0) is 17.1. The number of rotatable bonds is 5. The van der Waals surface area contributed by atoms with E-state index >= 15 is 0 Å². The van der Waals surface area contributed by atoms with Crippen molar-refractivity contribution in [3.05, 3.63) is 56.3 Å². The highest BCUT2D eigenvalue weighted by atomic mass is 79.9. The standard InChI is InChI=1S/C18H19BrClFO2/c1-4-23-12-8-14(19)13(15(20)9-12)7-11-5-6-16(22)17(10(2)3)18(11)21/h5-6,8-10,22H,4,7H2,1-3H3. The number of phenols is 1. The second-order valence-corrected chi connectivity index (χ2v) is 6.86. The summed E-state index contributed by atoms with van der Waals surface area (Å²) < 4.78 is 20.9. The lowest BCUT2D eigenvalue weighted by molar-refractivity contribution is 0.340. The molecule has 0 unspecified atom stereocenters. The zero-order valence-corrected chi connectivity index (χ0v) is 15.6. The Kier molecular flexibility index (Phi) is 5.93. The van der Waals surface area contributed by atoms with Gasteiger partial charge in [0.1, 0.15) is 17.3 Å². The van der Waals surface area contributed by atoms with Crippen LogP contribution in [0.1, 0.15) is 43.4 Å². The zero-order valence-electron chi connectivity index (χ0n) is 13.3. The molecule has 23 heavy (non-hydrogen) atoms. The second-order valence-electron chi connectivity index (χ2n) is 5.60. The highest BCUT2D eigenvalue weighted by Gasteiger charge is 2.18. The van der Waals surface area contributed by atoms with Crippen molar-refractivity contribution in [2.45, 2.75) is 33.1 Å². The van der Waals surface area contributed by atoms with Crippen LogP contribution in [0, 0.1) is 5.82 Å². The summed E-state index contributed by atoms with van der Waals surface area (Å²) in [4.78, 5) is 0. The van der Waals surface area contributed by atoms with E-state index in [2.05, 4.69) is 15.9 Å². The van der Waals surface area contributed by atoms with Crippen LogP contribution in [0.15, 0.2) is 28.7 Å². The lowest BCUT2D eigenvalue weighted by Gasteiger charge is -2.15. The molecule has 0 aliphatic rings. The van der Waals surface area contributed by atoms with Crippen LogP contribution in [0.4, 0.5) is 4.39 Å². The average molecular weight is 402 g/mol. The van der Waals surface area contributed by atoms with Crippen LogP contribution >= 0.6 is 27.5 Å². The van der Waals surface area contributed by atoms with E-state index in [4.69, 9.17) is 16.3 Å². The van der Waals surface area contributed by atoms with E-state index in [1.165, 1.54) is 6.07 Å². The molecule has 0 heterocycles. The van der Waals surface area contributed by atoms with E-state index < -0.39 is 0 Å². The van der Waals surface area contributed by atoms with Gasteiger partial charge >= 0.3 is 0 Å². The summed E-state index contributed by atoms with van der Waals surface area (Å²) in [6.07, 6.45) is 0.331. The van der Waals surface area contributed by atoms with Gasteiger partial charge in [-0.1, -0.05) is 47.4 Å². The van der Waals surface area contributed by atoms with Crippen molar-refractivity contribution in [2.75, 3.05) is 6.61 Å². The molecular formula is C18H19BrClFO2. The number of phenolic OH excluding ortho intramolecular Hbond substituents is 1. The van der Waals surface area contributed by atoms with Gasteiger partial charge in [-0.25, -0.2) is 4.39 Å². The molecular weight excluding hydrogens is 383 g/mol. The minimum absolute atomic E-state index is 0.0156. The normalized spacial score (nSPS) is 11.1. The maximum Gasteiger partial charge on any atom is 0.133 e. The van der Waals surface area contributed by atoms with Gasteiger partial charge < -0.3 is 9.84 Å². The van der Waals surface area contributed by atoms with Crippen LogP contribution in [0.2, 0.25) is 5.02 Å². The van der Waals surface area contributed by atoms with Crippen molar-refractivity contribution in [1.82, 2.24) is 0 Å². The molecule has 0 saturated carbocycles. The molecule has 0 amide bonds. The molecule has 0 aromatic heterocycles. The molecule has 2 nitrogen and oxygen atoms in total. The number of hydrogen-bond acceptors (Lipinski definition) is 2. The van der Waals surface area contributed by atoms with Crippen LogP contribution in [0.5, 0.6) is 11.5 Å². The molecule has 124 valence electrons. The van der Waals surface area contributed by atoms with Crippen LogP contribution in [-0.4, -0.2) is 11.7 Å². The van der Waals surface area contributed by atoms with Gasteiger partial charge in [-0.3, -0.25) is 0 Å². The molecule has 0 fully saturated rings. The molecule has 0 bridgehead atoms. The Hall–Kier alpha value is -1.26. The van der Waals surface area contributed by atoms with Gasteiger partial charge in [0.25, 0.3) is 0 Å². The smallest absolute Gasteiger partial charge is 0.133 e. The number of hydrogen-bond donors (Lipinski definition) is 1. The first kappa shape index (κ1) is 18.1. The maximum absolute atomic E-state index is 14.7. The quantitative estimate of drug-likeness (QED) is 0.660. The molecule has 1 N–H and O–H groups in total. The first-order chi connectivity index (χ1) is 10.8. The van der Waals surface area contributed by atoms with Crippen molar-refractivity contribution in [3.63, 3.8) is 0 Å². The molecule has 2 aromatic rings. The molecule has 0 aliphatic carbocycles. The Morgan fingerprint density at radius 3 is 2.57 bits per heavy atom. The van der Waals surface area contributed by atoms with Gasteiger partial charge in [0.2, 0.25) is 0 Å². The Morgan fingerprint density at radius 2 is 2.00 bits per heavy atom. The van der Waals surface area contributed by atoms with E-state index in [1.807, 2.05) is 26.8 Å². The summed E-state index contributed by atoms with van der Waals surface area (Å²) in [5, 5.41) is 10.4. The Morgan fingerprint density at radius 1 is 1.30 bits per heavy atom. The van der Waals surface area contributed by atoms with Crippen LogP contribution < -0.4 is 4.74 Å². The first-order valence-electron chi connectivity index (χ1n) is 7.46. The van der Waals surface area contributed by atoms with Gasteiger partial charge in [-0.05, 0) is 42.2 Å². The van der Waals surface area contributed by atoms with Gasteiger partial charge in [-0.15, -0.1) is 0 Å². The van der Waals surface area contributed by atoms with Crippen LogP contribution in [0.25, 0.3) is 0 Å². The van der Waals surface area contributed by atoms with Crippen molar-refractivity contribution in [3.8, 4) is 11.5 Å². The third-order valence-corrected chi connectivity index (χ3v) is 4.65. The van der Waals surface area contributed by atoms with Gasteiger partial charge in [0, 0.05) is 21.5 Å². The fourth-order valence-electron chi connectivity index (χ4n) is 2.50. The van der Waals surface area contributed by atoms with Crippen molar-refractivity contribution >= 4 is 27.5 Å². The summed E-state index contributed by atoms with van der Waals surface area (Å²) in [5.74, 6) is 0.173. The summed E-state index contributed by atoms with van der Waals surface area (Å²) in [6.45, 7) is 6.14. The second kappa shape index (κ2) is 7.54. The largest absolute Gasteiger partial charge is 0.508 e. The van der Waals surface area contributed by atoms with E-state index in [1.54, 1.807) is 12.1 Å². The summed E-state index contributed by atoms with van der Waals surface area (Å²) >= 11 is 9.80. The third kappa shape index (κ3) is 3.99.